The molecular formula is C16H24N2O2. The summed E-state index contributed by atoms with van der Waals surface area (Å²) in [6.07, 6.45) is 2.09. The van der Waals surface area contributed by atoms with Crippen molar-refractivity contribution in [3.05, 3.63) is 35.9 Å². The molecule has 4 nitrogen and oxygen atoms in total. The number of hydrogen-bond donors (Lipinski definition) is 1. The van der Waals surface area contributed by atoms with Crippen molar-refractivity contribution in [2.24, 2.45) is 11.7 Å². The Hall–Kier alpha value is -1.39. The van der Waals surface area contributed by atoms with E-state index in [2.05, 4.69) is 11.9 Å². The van der Waals surface area contributed by atoms with Crippen molar-refractivity contribution in [3.63, 3.8) is 0 Å². The highest BCUT2D eigenvalue weighted by Crippen LogP contribution is 2.23. The van der Waals surface area contributed by atoms with Crippen LogP contribution in [0.5, 0.6) is 0 Å². The van der Waals surface area contributed by atoms with Crippen LogP contribution in [-0.2, 0) is 9.53 Å². The van der Waals surface area contributed by atoms with Crippen molar-refractivity contribution in [1.82, 2.24) is 4.90 Å². The molecule has 0 spiro atoms. The van der Waals surface area contributed by atoms with E-state index in [0.717, 1.165) is 31.5 Å². The smallest absolute Gasteiger partial charge is 0.327 e. The van der Waals surface area contributed by atoms with E-state index in [-0.39, 0.29) is 12.1 Å². The van der Waals surface area contributed by atoms with Gasteiger partial charge in [0.2, 0.25) is 0 Å². The third-order valence-corrected chi connectivity index (χ3v) is 4.14. The predicted molar refractivity (Wildman–Crippen MR) is 79.1 cm³/mol. The lowest BCUT2D eigenvalue weighted by Gasteiger charge is -2.32. The summed E-state index contributed by atoms with van der Waals surface area (Å²) >= 11 is 0. The van der Waals surface area contributed by atoms with E-state index in [0.29, 0.717) is 5.92 Å². The van der Waals surface area contributed by atoms with Gasteiger partial charge in [-0.15, -0.1) is 0 Å². The number of ether oxygens (including phenoxy) is 1. The Morgan fingerprint density at radius 2 is 1.90 bits per heavy atom. The molecule has 1 aliphatic rings. The molecule has 20 heavy (non-hydrogen) atoms. The number of nitrogens with two attached hydrogens (primary N) is 1. The van der Waals surface area contributed by atoms with Gasteiger partial charge in [-0.25, -0.2) is 4.79 Å². The van der Waals surface area contributed by atoms with E-state index in [4.69, 9.17) is 10.5 Å². The van der Waals surface area contributed by atoms with E-state index < -0.39 is 6.04 Å². The molecule has 2 unspecified atom stereocenters. The monoisotopic (exact) mass is 276 g/mol. The second kappa shape index (κ2) is 6.86. The van der Waals surface area contributed by atoms with Crippen LogP contribution in [0.4, 0.5) is 0 Å². The molecule has 2 rings (SSSR count). The highest BCUT2D eigenvalue weighted by Gasteiger charge is 2.27. The van der Waals surface area contributed by atoms with Crippen LogP contribution in [0.1, 0.15) is 31.4 Å². The van der Waals surface area contributed by atoms with Crippen LogP contribution in [0.25, 0.3) is 0 Å². The van der Waals surface area contributed by atoms with Crippen molar-refractivity contribution in [2.45, 2.75) is 31.9 Å². The Balaban J connectivity index is 1.87. The van der Waals surface area contributed by atoms with Gasteiger partial charge in [0.05, 0.1) is 0 Å². The minimum absolute atomic E-state index is 0.0639. The molecule has 0 aliphatic carbocycles. The van der Waals surface area contributed by atoms with Gasteiger partial charge in [-0.3, -0.25) is 0 Å². The number of carbonyl (C=O) groups is 1. The Morgan fingerprint density at radius 1 is 1.30 bits per heavy atom. The van der Waals surface area contributed by atoms with Crippen LogP contribution < -0.4 is 5.73 Å². The van der Waals surface area contributed by atoms with Crippen molar-refractivity contribution < 1.29 is 9.53 Å². The van der Waals surface area contributed by atoms with E-state index in [1.165, 1.54) is 0 Å². The molecule has 1 aromatic carbocycles. The SMILES string of the molecule is CC(OC(=O)C(N)c1ccccc1)C1CCN(C)CC1. The number of piperidine rings is 1. The normalized spacial score (nSPS) is 20.4. The molecule has 110 valence electrons. The molecule has 0 aromatic heterocycles. The van der Waals surface area contributed by atoms with E-state index in [1.54, 1.807) is 0 Å². The number of carbonyl (C=O) groups excluding carboxylic acids is 1. The maximum absolute atomic E-state index is 12.1. The minimum Gasteiger partial charge on any atom is -0.461 e. The zero-order chi connectivity index (χ0) is 14.5. The van der Waals surface area contributed by atoms with Crippen molar-refractivity contribution in [1.29, 1.82) is 0 Å². The quantitative estimate of drug-likeness (QED) is 0.854. The first-order valence-electron chi connectivity index (χ1n) is 7.27. The lowest BCUT2D eigenvalue weighted by molar-refractivity contribution is -0.153. The third-order valence-electron chi connectivity index (χ3n) is 4.14. The van der Waals surface area contributed by atoms with Gasteiger partial charge in [0.15, 0.2) is 0 Å². The first-order valence-corrected chi connectivity index (χ1v) is 7.27. The topological polar surface area (TPSA) is 55.6 Å². The van der Waals surface area contributed by atoms with Gasteiger partial charge in [-0.2, -0.15) is 0 Å². The van der Waals surface area contributed by atoms with Gasteiger partial charge in [0.1, 0.15) is 12.1 Å². The predicted octanol–water partition coefficient (Wildman–Crippen LogP) is 1.96. The molecule has 2 atom stereocenters. The Bertz CT molecular complexity index is 427. The molecule has 0 radical (unpaired) electrons. The van der Waals surface area contributed by atoms with Crippen LogP contribution in [0.3, 0.4) is 0 Å². The average molecular weight is 276 g/mol. The van der Waals surface area contributed by atoms with Gasteiger partial charge in [0.25, 0.3) is 0 Å². The summed E-state index contributed by atoms with van der Waals surface area (Å²) in [6, 6.07) is 8.68. The molecule has 1 heterocycles. The van der Waals surface area contributed by atoms with E-state index in [1.807, 2.05) is 37.3 Å². The van der Waals surface area contributed by atoms with Crippen LogP contribution in [0, 0.1) is 5.92 Å². The number of likely N-dealkylation sites (tertiary alicyclic amines) is 1. The molecule has 2 N–H and O–H groups in total. The number of nitrogens with zero attached hydrogens (tertiary/aromatic N) is 1. The first-order chi connectivity index (χ1) is 9.58. The maximum atomic E-state index is 12.1. The fourth-order valence-corrected chi connectivity index (χ4v) is 2.65. The summed E-state index contributed by atoms with van der Waals surface area (Å²) in [5.41, 5.74) is 6.75. The Morgan fingerprint density at radius 3 is 2.50 bits per heavy atom. The van der Waals surface area contributed by atoms with E-state index >= 15 is 0 Å². The van der Waals surface area contributed by atoms with Crippen LogP contribution >= 0.6 is 0 Å². The van der Waals surface area contributed by atoms with Crippen LogP contribution in [0.15, 0.2) is 30.3 Å². The number of rotatable bonds is 4. The zero-order valence-electron chi connectivity index (χ0n) is 12.3. The Labute approximate surface area is 120 Å². The van der Waals surface area contributed by atoms with Gasteiger partial charge in [0, 0.05) is 0 Å². The maximum Gasteiger partial charge on any atom is 0.327 e. The lowest BCUT2D eigenvalue weighted by Crippen LogP contribution is -2.37. The zero-order valence-corrected chi connectivity index (χ0v) is 12.3. The van der Waals surface area contributed by atoms with Crippen molar-refractivity contribution in [2.75, 3.05) is 20.1 Å². The summed E-state index contributed by atoms with van der Waals surface area (Å²) in [5, 5.41) is 0. The van der Waals surface area contributed by atoms with Gasteiger partial charge in [-0.05, 0) is 51.4 Å². The molecule has 0 saturated carbocycles. The molecule has 1 aromatic rings. The summed E-state index contributed by atoms with van der Waals surface area (Å²) in [6.45, 7) is 4.11. The molecule has 4 heteroatoms. The van der Waals surface area contributed by atoms with Crippen LogP contribution in [0.2, 0.25) is 0 Å². The second-order valence-corrected chi connectivity index (χ2v) is 5.67. The van der Waals surface area contributed by atoms with Gasteiger partial charge in [-0.1, -0.05) is 30.3 Å². The standard InChI is InChI=1S/C16H24N2O2/c1-12(13-8-10-18(2)11-9-13)20-16(19)15(17)14-6-4-3-5-7-14/h3-7,12-13,15H,8-11,17H2,1-2H3. The molecule has 1 aliphatic heterocycles. The first kappa shape index (κ1) is 15.0. The van der Waals surface area contributed by atoms with Crippen LogP contribution in [-0.4, -0.2) is 37.1 Å². The molecule has 0 bridgehead atoms. The Kier molecular flexibility index (Phi) is 5.15. The molecule has 1 saturated heterocycles. The van der Waals surface area contributed by atoms with E-state index in [9.17, 15) is 4.79 Å². The second-order valence-electron chi connectivity index (χ2n) is 5.67. The summed E-state index contributed by atoms with van der Waals surface area (Å²) in [7, 11) is 2.12. The van der Waals surface area contributed by atoms with Gasteiger partial charge < -0.3 is 15.4 Å². The van der Waals surface area contributed by atoms with Gasteiger partial charge >= 0.3 is 5.97 Å². The average Bonchev–Trinajstić information content (AvgIpc) is 2.48. The molecular weight excluding hydrogens is 252 g/mol. The molecule has 0 amide bonds. The van der Waals surface area contributed by atoms with Crippen molar-refractivity contribution in [3.8, 4) is 0 Å². The lowest BCUT2D eigenvalue weighted by atomic mass is 9.92. The highest BCUT2D eigenvalue weighted by molar-refractivity contribution is 5.77. The summed E-state index contributed by atoms with van der Waals surface area (Å²) < 4.78 is 5.56. The third kappa shape index (κ3) is 3.81. The highest BCUT2D eigenvalue weighted by atomic mass is 16.5. The fraction of sp³-hybridized carbons (Fsp3) is 0.562. The number of benzene rings is 1. The number of hydrogen-bond acceptors (Lipinski definition) is 4. The minimum atomic E-state index is -0.690. The number of esters is 1. The summed E-state index contributed by atoms with van der Waals surface area (Å²) in [5.74, 6) is 0.112. The molecule has 1 fully saturated rings. The largest absolute Gasteiger partial charge is 0.461 e. The summed E-state index contributed by atoms with van der Waals surface area (Å²) in [4.78, 5) is 14.4. The van der Waals surface area contributed by atoms with Crippen molar-refractivity contribution >= 4 is 5.97 Å². The fourth-order valence-electron chi connectivity index (χ4n) is 2.65.